The van der Waals surface area contributed by atoms with E-state index in [0.29, 0.717) is 10.7 Å². The first-order valence-corrected chi connectivity index (χ1v) is 11.3. The van der Waals surface area contributed by atoms with Crippen molar-refractivity contribution in [3.8, 4) is 0 Å². The van der Waals surface area contributed by atoms with Crippen LogP contribution in [0.25, 0.3) is 0 Å². The van der Waals surface area contributed by atoms with Gasteiger partial charge in [-0.1, -0.05) is 23.9 Å². The lowest BCUT2D eigenvalue weighted by molar-refractivity contribution is 0.102. The summed E-state index contributed by atoms with van der Waals surface area (Å²) in [4.78, 5) is 19.9. The molecular weight excluding hydrogens is 380 g/mol. The zero-order valence-corrected chi connectivity index (χ0v) is 17.7. The van der Waals surface area contributed by atoms with Crippen LogP contribution < -0.4 is 16.0 Å². The van der Waals surface area contributed by atoms with Crippen molar-refractivity contribution in [1.82, 2.24) is 0 Å². The maximum Gasteiger partial charge on any atom is 0.255 e. The monoisotopic (exact) mass is 408 g/mol. The minimum absolute atomic E-state index is 0.108. The first-order chi connectivity index (χ1) is 14.0. The van der Waals surface area contributed by atoms with Crippen molar-refractivity contribution < 1.29 is 4.79 Å². The van der Waals surface area contributed by atoms with Crippen molar-refractivity contribution >= 4 is 34.2 Å². The van der Waals surface area contributed by atoms with Crippen LogP contribution >= 0.6 is 11.8 Å². The number of benzene rings is 2. The SMILES string of the molecule is CC1(c2cccc(C(=O)Nc3ccc(N4CCCCC4)cc3)c2)CCSC(N)=N1. The summed E-state index contributed by atoms with van der Waals surface area (Å²) in [6.45, 7) is 4.31. The van der Waals surface area contributed by atoms with E-state index in [4.69, 9.17) is 5.73 Å². The number of rotatable bonds is 4. The number of carbonyl (C=O) groups excluding carboxylic acids is 1. The molecule has 0 spiro atoms. The third kappa shape index (κ3) is 4.58. The highest BCUT2D eigenvalue weighted by Gasteiger charge is 2.29. The molecule has 1 amide bonds. The van der Waals surface area contributed by atoms with E-state index in [2.05, 4.69) is 34.3 Å². The van der Waals surface area contributed by atoms with Gasteiger partial charge >= 0.3 is 0 Å². The fourth-order valence-electron chi connectivity index (χ4n) is 4.00. The number of hydrogen-bond acceptors (Lipinski definition) is 5. The Kier molecular flexibility index (Phi) is 5.81. The zero-order chi connectivity index (χ0) is 20.3. The van der Waals surface area contributed by atoms with Crippen molar-refractivity contribution in [2.45, 2.75) is 38.1 Å². The Bertz CT molecular complexity index is 905. The molecule has 2 aliphatic rings. The minimum Gasteiger partial charge on any atom is -0.379 e. The Balaban J connectivity index is 1.47. The molecule has 5 nitrogen and oxygen atoms in total. The van der Waals surface area contributed by atoms with Crippen molar-refractivity contribution in [1.29, 1.82) is 0 Å². The molecule has 152 valence electrons. The highest BCUT2D eigenvalue weighted by Crippen LogP contribution is 2.35. The second kappa shape index (κ2) is 8.49. The summed E-state index contributed by atoms with van der Waals surface area (Å²) in [5.74, 6) is 0.828. The normalized spacial score (nSPS) is 22.1. The van der Waals surface area contributed by atoms with Gasteiger partial charge in [-0.05, 0) is 74.6 Å². The van der Waals surface area contributed by atoms with Gasteiger partial charge in [0.25, 0.3) is 5.91 Å². The van der Waals surface area contributed by atoms with Crippen LogP contribution in [0, 0.1) is 0 Å². The number of aliphatic imine (C=N–C) groups is 1. The van der Waals surface area contributed by atoms with Crippen LogP contribution in [0.3, 0.4) is 0 Å². The van der Waals surface area contributed by atoms with Gasteiger partial charge in [-0.15, -0.1) is 0 Å². The molecule has 29 heavy (non-hydrogen) atoms. The first-order valence-electron chi connectivity index (χ1n) is 10.3. The fraction of sp³-hybridized carbons (Fsp3) is 0.391. The molecule has 4 rings (SSSR count). The highest BCUT2D eigenvalue weighted by molar-refractivity contribution is 8.13. The van der Waals surface area contributed by atoms with E-state index in [-0.39, 0.29) is 11.4 Å². The Morgan fingerprint density at radius 1 is 1.14 bits per heavy atom. The molecule has 0 radical (unpaired) electrons. The van der Waals surface area contributed by atoms with Gasteiger partial charge < -0.3 is 16.0 Å². The van der Waals surface area contributed by atoms with E-state index in [0.717, 1.165) is 36.5 Å². The molecule has 2 aromatic carbocycles. The topological polar surface area (TPSA) is 70.7 Å². The van der Waals surface area contributed by atoms with Gasteiger partial charge in [-0.2, -0.15) is 0 Å². The van der Waals surface area contributed by atoms with Crippen LogP contribution in [0.15, 0.2) is 53.5 Å². The molecular formula is C23H28N4OS. The number of piperidine rings is 1. The number of nitrogens with one attached hydrogen (secondary N) is 1. The van der Waals surface area contributed by atoms with Crippen molar-refractivity contribution in [2.24, 2.45) is 10.7 Å². The van der Waals surface area contributed by atoms with E-state index in [1.165, 1.54) is 24.9 Å². The predicted octanol–water partition coefficient (Wildman–Crippen LogP) is 4.60. The summed E-state index contributed by atoms with van der Waals surface area (Å²) in [6.07, 6.45) is 4.73. The van der Waals surface area contributed by atoms with E-state index in [1.54, 1.807) is 11.8 Å². The van der Waals surface area contributed by atoms with Crippen molar-refractivity contribution in [2.75, 3.05) is 29.1 Å². The lowest BCUT2D eigenvalue weighted by atomic mass is 9.88. The van der Waals surface area contributed by atoms with Gasteiger partial charge in [0.15, 0.2) is 5.17 Å². The second-order valence-electron chi connectivity index (χ2n) is 7.95. The maximum absolute atomic E-state index is 12.8. The molecule has 2 aliphatic heterocycles. The summed E-state index contributed by atoms with van der Waals surface area (Å²) in [5, 5.41) is 3.63. The fourth-order valence-corrected chi connectivity index (χ4v) is 4.98. The number of thioether (sulfide) groups is 1. The molecule has 2 heterocycles. The number of carbonyl (C=O) groups is 1. The molecule has 1 unspecified atom stereocenters. The first kappa shape index (κ1) is 19.8. The molecule has 0 saturated carbocycles. The van der Waals surface area contributed by atoms with E-state index >= 15 is 0 Å². The van der Waals surface area contributed by atoms with Crippen molar-refractivity contribution in [3.63, 3.8) is 0 Å². The summed E-state index contributed by atoms with van der Waals surface area (Å²) in [7, 11) is 0. The van der Waals surface area contributed by atoms with Gasteiger partial charge in [-0.3, -0.25) is 9.79 Å². The molecule has 6 heteroatoms. The smallest absolute Gasteiger partial charge is 0.255 e. The van der Waals surface area contributed by atoms with Crippen molar-refractivity contribution in [3.05, 3.63) is 59.7 Å². The summed E-state index contributed by atoms with van der Waals surface area (Å²) < 4.78 is 0. The number of amides is 1. The number of hydrogen-bond donors (Lipinski definition) is 2. The average Bonchev–Trinajstić information content (AvgIpc) is 2.75. The van der Waals surface area contributed by atoms with E-state index in [1.807, 2.05) is 36.4 Å². The zero-order valence-electron chi connectivity index (χ0n) is 16.9. The summed E-state index contributed by atoms with van der Waals surface area (Å²) in [5.41, 5.74) is 9.26. The summed E-state index contributed by atoms with van der Waals surface area (Å²) >= 11 is 1.58. The van der Waals surface area contributed by atoms with Gasteiger partial charge in [0.2, 0.25) is 0 Å². The van der Waals surface area contributed by atoms with Crippen LogP contribution in [0.2, 0.25) is 0 Å². The van der Waals surface area contributed by atoms with Gasteiger partial charge in [0.1, 0.15) is 0 Å². The van der Waals surface area contributed by atoms with Crippen LogP contribution in [-0.4, -0.2) is 29.9 Å². The van der Waals surface area contributed by atoms with Crippen LogP contribution in [-0.2, 0) is 5.54 Å². The standard InChI is InChI=1S/C23H28N4OS/c1-23(12-15-29-22(24)26-23)18-7-5-6-17(16-18)21(28)25-19-8-10-20(11-9-19)27-13-3-2-4-14-27/h5-11,16H,2-4,12-15H2,1H3,(H2,24,26)(H,25,28). The predicted molar refractivity (Wildman–Crippen MR) is 123 cm³/mol. The second-order valence-corrected chi connectivity index (χ2v) is 9.07. The Morgan fingerprint density at radius 2 is 1.90 bits per heavy atom. The lowest BCUT2D eigenvalue weighted by Crippen LogP contribution is -2.29. The average molecular weight is 409 g/mol. The number of anilines is 2. The number of nitrogens with two attached hydrogens (primary N) is 1. The number of amidine groups is 1. The molecule has 1 atom stereocenters. The Hall–Kier alpha value is -2.47. The molecule has 3 N–H and O–H groups in total. The Morgan fingerprint density at radius 3 is 2.62 bits per heavy atom. The minimum atomic E-state index is -0.373. The highest BCUT2D eigenvalue weighted by atomic mass is 32.2. The quantitative estimate of drug-likeness (QED) is 0.776. The van der Waals surface area contributed by atoms with E-state index in [9.17, 15) is 4.79 Å². The van der Waals surface area contributed by atoms with Gasteiger partial charge in [0.05, 0.1) is 5.54 Å². The molecule has 0 aliphatic carbocycles. The van der Waals surface area contributed by atoms with E-state index < -0.39 is 0 Å². The lowest BCUT2D eigenvalue weighted by Gasteiger charge is -2.30. The molecule has 1 fully saturated rings. The van der Waals surface area contributed by atoms with Gasteiger partial charge in [-0.25, -0.2) is 0 Å². The third-order valence-electron chi connectivity index (χ3n) is 5.79. The molecule has 0 bridgehead atoms. The van der Waals surface area contributed by atoms with Gasteiger partial charge in [0, 0.05) is 35.8 Å². The molecule has 2 aromatic rings. The van der Waals surface area contributed by atoms with Crippen LogP contribution in [0.4, 0.5) is 11.4 Å². The third-order valence-corrected chi connectivity index (χ3v) is 6.58. The maximum atomic E-state index is 12.8. The van der Waals surface area contributed by atoms with Crippen LogP contribution in [0.5, 0.6) is 0 Å². The largest absolute Gasteiger partial charge is 0.379 e. The number of nitrogens with zero attached hydrogens (tertiary/aromatic N) is 2. The Labute approximate surface area is 176 Å². The van der Waals surface area contributed by atoms with Crippen LogP contribution in [0.1, 0.15) is 48.5 Å². The molecule has 1 saturated heterocycles. The molecule has 0 aromatic heterocycles. The summed E-state index contributed by atoms with van der Waals surface area (Å²) in [6, 6.07) is 15.9.